The molecule has 1 aromatic heterocycles. The van der Waals surface area contributed by atoms with Gasteiger partial charge in [0.15, 0.2) is 0 Å². The van der Waals surface area contributed by atoms with Gasteiger partial charge >= 0.3 is 0 Å². The molecule has 2 aliphatic rings. The highest BCUT2D eigenvalue weighted by Gasteiger charge is 2.50. The van der Waals surface area contributed by atoms with Crippen LogP contribution in [0.2, 0.25) is 0 Å². The van der Waals surface area contributed by atoms with Crippen LogP contribution in [0.15, 0.2) is 30.5 Å². The number of carbonyl (C=O) groups is 1. The van der Waals surface area contributed by atoms with Crippen molar-refractivity contribution in [2.45, 2.75) is 66.0 Å². The van der Waals surface area contributed by atoms with Gasteiger partial charge in [-0.05, 0) is 90.9 Å². The molecule has 0 saturated carbocycles. The maximum atomic E-state index is 14.2. The van der Waals surface area contributed by atoms with Gasteiger partial charge in [-0.1, -0.05) is 13.8 Å². The van der Waals surface area contributed by atoms with E-state index in [1.54, 1.807) is 11.1 Å². The summed E-state index contributed by atoms with van der Waals surface area (Å²) in [6, 6.07) is 6.58. The molecule has 4 rings (SSSR count). The fraction of sp³-hybridized carbons (Fsp3) is 0.645. The lowest BCUT2D eigenvalue weighted by atomic mass is 9.76. The Labute approximate surface area is 239 Å². The molecule has 1 spiro atoms. The number of nitrogens with zero attached hydrogens (tertiary/aromatic N) is 6. The van der Waals surface area contributed by atoms with Crippen molar-refractivity contribution in [1.29, 1.82) is 0 Å². The van der Waals surface area contributed by atoms with Crippen LogP contribution in [0, 0.1) is 17.2 Å². The summed E-state index contributed by atoms with van der Waals surface area (Å²) in [6.07, 6.45) is 5.24. The second-order valence-corrected chi connectivity index (χ2v) is 12.5. The zero-order valence-electron chi connectivity index (χ0n) is 25.4. The van der Waals surface area contributed by atoms with Crippen molar-refractivity contribution in [3.63, 3.8) is 0 Å². The second-order valence-electron chi connectivity index (χ2n) is 12.5. The van der Waals surface area contributed by atoms with Crippen molar-refractivity contribution >= 4 is 11.6 Å². The number of ether oxygens (including phenoxy) is 1. The number of anilines is 1. The monoisotopic (exact) mass is 554 g/mol. The van der Waals surface area contributed by atoms with E-state index in [2.05, 4.69) is 52.8 Å². The fourth-order valence-corrected chi connectivity index (χ4v) is 6.39. The molecule has 0 bridgehead atoms. The first-order valence-electron chi connectivity index (χ1n) is 14.8. The van der Waals surface area contributed by atoms with Gasteiger partial charge in [0.1, 0.15) is 17.3 Å². The van der Waals surface area contributed by atoms with Crippen molar-refractivity contribution < 1.29 is 13.9 Å². The Morgan fingerprint density at radius 2 is 1.90 bits per heavy atom. The molecule has 0 unspecified atom stereocenters. The molecule has 3 heterocycles. The number of halogens is 1. The van der Waals surface area contributed by atoms with E-state index in [1.165, 1.54) is 31.0 Å². The van der Waals surface area contributed by atoms with Crippen LogP contribution in [0.1, 0.15) is 64.2 Å². The third kappa shape index (κ3) is 6.74. The number of likely N-dealkylation sites (tertiary alicyclic amines) is 1. The van der Waals surface area contributed by atoms with Gasteiger partial charge in [-0.2, -0.15) is 5.10 Å². The zero-order valence-corrected chi connectivity index (χ0v) is 25.4. The van der Waals surface area contributed by atoms with E-state index in [9.17, 15) is 9.18 Å². The summed E-state index contributed by atoms with van der Waals surface area (Å²) in [6.45, 7) is 16.2. The molecule has 8 nitrogen and oxygen atoms in total. The standard InChI is InChI=1S/C31H47FN6O2/c1-8-38(23(4)5)30(39)25-18-24(32)11-12-28(25)40-29-27(13-15-33-34-29)36-17-14-31(19-36)20-37(21-31)26(22(2)3)10-9-16-35(6)7/h11-13,15,18,22-23,26H,8-10,14,16-17,19-21H2,1-7H3/t26-/m1/s1. The van der Waals surface area contributed by atoms with Gasteiger partial charge in [-0.15, -0.1) is 5.10 Å². The fourth-order valence-electron chi connectivity index (χ4n) is 6.39. The first kappa shape index (κ1) is 30.2. The van der Waals surface area contributed by atoms with Crippen LogP contribution in [-0.4, -0.2) is 96.3 Å². The van der Waals surface area contributed by atoms with Crippen LogP contribution < -0.4 is 9.64 Å². The summed E-state index contributed by atoms with van der Waals surface area (Å²) < 4.78 is 20.5. The maximum absolute atomic E-state index is 14.2. The highest BCUT2D eigenvalue weighted by Crippen LogP contribution is 2.45. The Bertz CT molecular complexity index is 1150. The van der Waals surface area contributed by atoms with E-state index in [-0.39, 0.29) is 28.7 Å². The van der Waals surface area contributed by atoms with E-state index >= 15 is 0 Å². The number of aromatic nitrogens is 2. The molecule has 1 atom stereocenters. The van der Waals surface area contributed by atoms with Gasteiger partial charge in [0.05, 0.1) is 11.8 Å². The molecule has 1 amide bonds. The van der Waals surface area contributed by atoms with E-state index in [1.807, 2.05) is 26.8 Å². The van der Waals surface area contributed by atoms with Crippen LogP contribution in [0.4, 0.5) is 10.1 Å². The lowest BCUT2D eigenvalue weighted by Gasteiger charge is -2.53. The molecule has 0 N–H and O–H groups in total. The Hall–Kier alpha value is -2.78. The molecule has 40 heavy (non-hydrogen) atoms. The Morgan fingerprint density at radius 1 is 1.15 bits per heavy atom. The molecule has 1 aromatic carbocycles. The number of rotatable bonds is 12. The minimum absolute atomic E-state index is 0.0215. The summed E-state index contributed by atoms with van der Waals surface area (Å²) in [5, 5.41) is 8.37. The van der Waals surface area contributed by atoms with Gasteiger partial charge in [0.2, 0.25) is 0 Å². The summed E-state index contributed by atoms with van der Waals surface area (Å²) >= 11 is 0. The number of hydrogen-bond acceptors (Lipinski definition) is 7. The average Bonchev–Trinajstić information content (AvgIpc) is 3.33. The van der Waals surface area contributed by atoms with Crippen LogP contribution in [-0.2, 0) is 0 Å². The van der Waals surface area contributed by atoms with Crippen LogP contribution in [0.5, 0.6) is 11.6 Å². The van der Waals surface area contributed by atoms with Gasteiger partial charge in [0.25, 0.3) is 11.8 Å². The summed E-state index contributed by atoms with van der Waals surface area (Å²) in [7, 11) is 4.28. The molecule has 0 radical (unpaired) electrons. The van der Waals surface area contributed by atoms with Gasteiger partial charge in [0, 0.05) is 50.2 Å². The summed E-state index contributed by atoms with van der Waals surface area (Å²) in [5.41, 5.74) is 1.31. The van der Waals surface area contributed by atoms with E-state index < -0.39 is 5.82 Å². The lowest BCUT2D eigenvalue weighted by molar-refractivity contribution is -0.0343. The SMILES string of the molecule is CCN(C(=O)c1cc(F)ccc1Oc1nnccc1N1CCC2(C1)CN([C@H](CCCN(C)C)C(C)C)C2)C(C)C. The molecular formula is C31H47FN6O2. The Balaban J connectivity index is 1.47. The summed E-state index contributed by atoms with van der Waals surface area (Å²) in [5.74, 6) is 0.513. The highest BCUT2D eigenvalue weighted by molar-refractivity contribution is 5.97. The quantitative estimate of drug-likeness (QED) is 0.359. The molecule has 2 fully saturated rings. The normalized spacial score (nSPS) is 17.6. The summed E-state index contributed by atoms with van der Waals surface area (Å²) in [4.78, 5) is 22.3. The lowest BCUT2D eigenvalue weighted by Crippen LogP contribution is -2.62. The van der Waals surface area contributed by atoms with Crippen molar-refractivity contribution in [3.8, 4) is 11.6 Å². The minimum Gasteiger partial charge on any atom is -0.435 e. The smallest absolute Gasteiger partial charge is 0.262 e. The van der Waals surface area contributed by atoms with Gasteiger partial charge in [-0.25, -0.2) is 4.39 Å². The molecule has 0 aliphatic carbocycles. The number of hydrogen-bond donors (Lipinski definition) is 0. The van der Waals surface area contributed by atoms with Crippen molar-refractivity contribution in [2.75, 3.05) is 58.3 Å². The van der Waals surface area contributed by atoms with Crippen molar-refractivity contribution in [2.24, 2.45) is 11.3 Å². The van der Waals surface area contributed by atoms with Crippen molar-refractivity contribution in [1.82, 2.24) is 24.9 Å². The van der Waals surface area contributed by atoms with Gasteiger partial charge < -0.3 is 19.4 Å². The molecule has 2 saturated heterocycles. The maximum Gasteiger partial charge on any atom is 0.262 e. The van der Waals surface area contributed by atoms with E-state index in [4.69, 9.17) is 4.74 Å². The largest absolute Gasteiger partial charge is 0.435 e. The molecule has 220 valence electrons. The average molecular weight is 555 g/mol. The van der Waals surface area contributed by atoms with Crippen LogP contribution in [0.3, 0.4) is 0 Å². The molecule has 9 heteroatoms. The number of amides is 1. The third-order valence-electron chi connectivity index (χ3n) is 8.47. The first-order chi connectivity index (χ1) is 19.0. The topological polar surface area (TPSA) is 65.0 Å². The van der Waals surface area contributed by atoms with E-state index in [0.29, 0.717) is 24.4 Å². The first-order valence-corrected chi connectivity index (χ1v) is 14.8. The highest BCUT2D eigenvalue weighted by atomic mass is 19.1. The van der Waals surface area contributed by atoms with Crippen LogP contribution >= 0.6 is 0 Å². The molecule has 2 aliphatic heterocycles. The second kappa shape index (κ2) is 12.8. The third-order valence-corrected chi connectivity index (χ3v) is 8.47. The van der Waals surface area contributed by atoms with Gasteiger partial charge in [-0.3, -0.25) is 9.69 Å². The zero-order chi connectivity index (χ0) is 29.0. The number of carbonyl (C=O) groups excluding carboxylic acids is 1. The van der Waals surface area contributed by atoms with Crippen LogP contribution in [0.25, 0.3) is 0 Å². The molecule has 2 aromatic rings. The Morgan fingerprint density at radius 3 is 2.55 bits per heavy atom. The van der Waals surface area contributed by atoms with Crippen molar-refractivity contribution in [3.05, 3.63) is 41.8 Å². The Kier molecular flexibility index (Phi) is 9.67. The predicted octanol–water partition coefficient (Wildman–Crippen LogP) is 5.16. The molecular weight excluding hydrogens is 507 g/mol. The van der Waals surface area contributed by atoms with E-state index in [0.717, 1.165) is 44.8 Å². The predicted molar refractivity (Wildman–Crippen MR) is 158 cm³/mol. The number of benzene rings is 1. The minimum atomic E-state index is -0.479.